The summed E-state index contributed by atoms with van der Waals surface area (Å²) in [5, 5.41) is 13.2. The Bertz CT molecular complexity index is 562. The minimum absolute atomic E-state index is 0.0624. The zero-order valence-corrected chi connectivity index (χ0v) is 13.1. The molecule has 2 aromatic rings. The predicted octanol–water partition coefficient (Wildman–Crippen LogP) is 3.68. The monoisotopic (exact) mass is 319 g/mol. The lowest BCUT2D eigenvalue weighted by Crippen LogP contribution is -2.31. The number of aliphatic hydroxyl groups is 1. The molecule has 2 atom stereocenters. The molecule has 0 saturated heterocycles. The lowest BCUT2D eigenvalue weighted by atomic mass is 10.0. The summed E-state index contributed by atoms with van der Waals surface area (Å²) in [5.41, 5.74) is 2.05. The molecule has 0 amide bonds. The molecule has 0 aromatic heterocycles. The second-order valence-corrected chi connectivity index (χ2v) is 5.56. The quantitative estimate of drug-likeness (QED) is 0.629. The molecule has 2 rings (SSSR count). The van der Waals surface area contributed by atoms with E-state index in [1.165, 1.54) is 0 Å². The van der Waals surface area contributed by atoms with Crippen LogP contribution in [0.3, 0.4) is 0 Å². The van der Waals surface area contributed by atoms with E-state index in [0.717, 1.165) is 11.1 Å². The summed E-state index contributed by atoms with van der Waals surface area (Å²) in [6.07, 6.45) is -0.0523. The number of aliphatic hydroxyl groups excluding tert-OH is 1. The molecule has 4 heteroatoms. The van der Waals surface area contributed by atoms with Crippen LogP contribution in [0.2, 0.25) is 0 Å². The Balaban J connectivity index is 2.14. The van der Waals surface area contributed by atoms with Gasteiger partial charge in [-0.2, -0.15) is 0 Å². The number of benzene rings is 2. The fourth-order valence-electron chi connectivity index (χ4n) is 2.13. The van der Waals surface area contributed by atoms with Crippen LogP contribution in [-0.2, 0) is 0 Å². The van der Waals surface area contributed by atoms with Crippen molar-refractivity contribution in [1.29, 1.82) is 0 Å². The van der Waals surface area contributed by atoms with Gasteiger partial charge in [-0.25, -0.2) is 0 Å². The lowest BCUT2D eigenvalue weighted by Gasteiger charge is -2.23. The summed E-state index contributed by atoms with van der Waals surface area (Å²) in [4.78, 5) is 0.672. The zero-order valence-electron chi connectivity index (χ0n) is 11.6. The average molecular weight is 320 g/mol. The topological polar surface area (TPSA) is 32.3 Å². The van der Waals surface area contributed by atoms with Gasteiger partial charge < -0.3 is 10.4 Å². The molecule has 0 radical (unpaired) electrons. The van der Waals surface area contributed by atoms with E-state index in [9.17, 15) is 5.11 Å². The molecule has 0 fully saturated rings. The molecule has 2 nitrogen and oxygen atoms in total. The van der Waals surface area contributed by atoms with Gasteiger partial charge in [0.15, 0.2) is 0 Å². The van der Waals surface area contributed by atoms with Crippen molar-refractivity contribution in [3.8, 4) is 0 Å². The van der Waals surface area contributed by atoms with Gasteiger partial charge in [0.05, 0.1) is 12.1 Å². The fraction of sp³-hybridized carbons (Fsp3) is 0.235. The van der Waals surface area contributed by atoms with E-state index in [2.05, 4.69) is 5.32 Å². The highest BCUT2D eigenvalue weighted by atomic mass is 35.5. The second-order valence-electron chi connectivity index (χ2n) is 4.85. The molecule has 2 N–H and O–H groups in total. The number of thiocarbonyl (C=S) groups is 1. The first-order valence-electron chi connectivity index (χ1n) is 6.85. The maximum atomic E-state index is 9.86. The van der Waals surface area contributed by atoms with Crippen molar-refractivity contribution < 1.29 is 5.11 Å². The molecule has 0 aliphatic rings. The van der Waals surface area contributed by atoms with Crippen molar-refractivity contribution >= 4 is 28.8 Å². The van der Waals surface area contributed by atoms with Gasteiger partial charge in [0.25, 0.3) is 0 Å². The largest absolute Gasteiger partial charge is 0.392 e. The summed E-state index contributed by atoms with van der Waals surface area (Å²) in [7, 11) is 0. The highest BCUT2D eigenvalue weighted by Gasteiger charge is 2.17. The van der Waals surface area contributed by atoms with Gasteiger partial charge in [-0.15, -0.1) is 11.6 Å². The number of hydrogen-bond acceptors (Lipinski definition) is 2. The van der Waals surface area contributed by atoms with E-state index in [1.54, 1.807) is 0 Å². The van der Waals surface area contributed by atoms with Gasteiger partial charge in [-0.1, -0.05) is 72.9 Å². The van der Waals surface area contributed by atoms with Crippen molar-refractivity contribution in [3.63, 3.8) is 0 Å². The molecular weight excluding hydrogens is 302 g/mol. The maximum Gasteiger partial charge on any atom is 0.107 e. The van der Waals surface area contributed by atoms with E-state index >= 15 is 0 Å². The third-order valence-corrected chi connectivity index (χ3v) is 3.94. The van der Waals surface area contributed by atoms with Gasteiger partial charge in [-0.05, 0) is 12.0 Å². The third-order valence-electron chi connectivity index (χ3n) is 3.23. The Kier molecular flexibility index (Phi) is 6.18. The average Bonchev–Trinajstić information content (AvgIpc) is 2.55. The van der Waals surface area contributed by atoms with Crippen molar-refractivity contribution in [2.75, 3.05) is 5.88 Å². The van der Waals surface area contributed by atoms with Crippen LogP contribution < -0.4 is 5.32 Å². The SMILES string of the molecule is O[C@@H](CCl)C[C@@H](NC(=S)c1ccccc1)c1ccccc1. The molecule has 0 aliphatic heterocycles. The van der Waals surface area contributed by atoms with Crippen molar-refractivity contribution in [2.24, 2.45) is 0 Å². The summed E-state index contributed by atoms with van der Waals surface area (Å²) >= 11 is 11.2. The first-order valence-corrected chi connectivity index (χ1v) is 7.80. The van der Waals surface area contributed by atoms with Crippen LogP contribution >= 0.6 is 23.8 Å². The lowest BCUT2D eigenvalue weighted by molar-refractivity contribution is 0.175. The van der Waals surface area contributed by atoms with Crippen molar-refractivity contribution in [1.82, 2.24) is 5.32 Å². The third kappa shape index (κ3) is 4.81. The van der Waals surface area contributed by atoms with Gasteiger partial charge in [0.1, 0.15) is 4.99 Å². The standard InChI is InChI=1S/C17H18ClNOS/c18-12-15(20)11-16(13-7-3-1-4-8-13)19-17(21)14-9-5-2-6-10-14/h1-10,15-16,20H,11-12H2,(H,19,21)/t15-,16-/m1/s1. The van der Waals surface area contributed by atoms with Gasteiger partial charge >= 0.3 is 0 Å². The Hall–Kier alpha value is -1.42. The first kappa shape index (κ1) is 16.0. The van der Waals surface area contributed by atoms with Crippen molar-refractivity contribution in [3.05, 3.63) is 71.8 Å². The summed E-state index contributed by atoms with van der Waals surface area (Å²) in [6, 6.07) is 19.7. The van der Waals surface area contributed by atoms with E-state index in [0.29, 0.717) is 11.4 Å². The van der Waals surface area contributed by atoms with E-state index in [1.807, 2.05) is 60.7 Å². The molecule has 0 aliphatic carbocycles. The second kappa shape index (κ2) is 8.13. The highest BCUT2D eigenvalue weighted by Crippen LogP contribution is 2.20. The number of nitrogens with one attached hydrogen (secondary N) is 1. The number of alkyl halides is 1. The summed E-state index contributed by atoms with van der Waals surface area (Å²) in [5.74, 6) is 0.211. The van der Waals surface area contributed by atoms with Crippen LogP contribution in [0.15, 0.2) is 60.7 Å². The molecule has 0 bridgehead atoms. The van der Waals surface area contributed by atoms with E-state index < -0.39 is 6.10 Å². The van der Waals surface area contributed by atoms with E-state index in [4.69, 9.17) is 23.8 Å². The van der Waals surface area contributed by atoms with Crippen LogP contribution in [-0.4, -0.2) is 22.1 Å². The van der Waals surface area contributed by atoms with Gasteiger partial charge in [-0.3, -0.25) is 0 Å². The molecule has 21 heavy (non-hydrogen) atoms. The van der Waals surface area contributed by atoms with Crippen LogP contribution in [0.5, 0.6) is 0 Å². The van der Waals surface area contributed by atoms with E-state index in [-0.39, 0.29) is 11.9 Å². The molecule has 0 saturated carbocycles. The molecule has 2 aromatic carbocycles. The smallest absolute Gasteiger partial charge is 0.107 e. The Morgan fingerprint density at radius 2 is 1.62 bits per heavy atom. The highest BCUT2D eigenvalue weighted by molar-refractivity contribution is 7.80. The molecule has 110 valence electrons. The molecule has 0 unspecified atom stereocenters. The minimum Gasteiger partial charge on any atom is -0.392 e. The first-order chi connectivity index (χ1) is 10.2. The Labute approximate surface area is 135 Å². The minimum atomic E-state index is -0.567. The summed E-state index contributed by atoms with van der Waals surface area (Å²) < 4.78 is 0. The van der Waals surface area contributed by atoms with Crippen LogP contribution in [0.25, 0.3) is 0 Å². The van der Waals surface area contributed by atoms with Gasteiger partial charge in [0.2, 0.25) is 0 Å². The molecule has 0 heterocycles. The fourth-order valence-corrected chi connectivity index (χ4v) is 2.53. The predicted molar refractivity (Wildman–Crippen MR) is 91.8 cm³/mol. The number of hydrogen-bond donors (Lipinski definition) is 2. The van der Waals surface area contributed by atoms with Crippen LogP contribution in [0.4, 0.5) is 0 Å². The maximum absolute atomic E-state index is 9.86. The summed E-state index contributed by atoms with van der Waals surface area (Å²) in [6.45, 7) is 0. The van der Waals surface area contributed by atoms with Crippen molar-refractivity contribution in [2.45, 2.75) is 18.6 Å². The van der Waals surface area contributed by atoms with Crippen LogP contribution in [0.1, 0.15) is 23.6 Å². The number of rotatable bonds is 6. The molecular formula is C17H18ClNOS. The number of halogens is 1. The zero-order chi connectivity index (χ0) is 15.1. The Morgan fingerprint density at radius 3 is 2.19 bits per heavy atom. The van der Waals surface area contributed by atoms with Gasteiger partial charge in [0, 0.05) is 11.4 Å². The van der Waals surface area contributed by atoms with Crippen LogP contribution in [0, 0.1) is 0 Å². The Morgan fingerprint density at radius 1 is 1.05 bits per heavy atom. The molecule has 0 spiro atoms. The normalized spacial score (nSPS) is 13.4.